The van der Waals surface area contributed by atoms with Crippen LogP contribution in [0.1, 0.15) is 32.3 Å². The fourth-order valence-corrected chi connectivity index (χ4v) is 4.21. The van der Waals surface area contributed by atoms with Crippen molar-refractivity contribution in [3.63, 3.8) is 0 Å². The normalized spacial score (nSPS) is 13.8. The van der Waals surface area contributed by atoms with Crippen molar-refractivity contribution in [3.05, 3.63) is 54.1 Å². The molecule has 8 nitrogen and oxygen atoms in total. The molecule has 0 aliphatic carbocycles. The maximum Gasteiger partial charge on any atom is 0.262 e. The molecule has 2 N–H and O–H groups in total. The Hall–Kier alpha value is -3.33. The summed E-state index contributed by atoms with van der Waals surface area (Å²) in [6, 6.07) is 11.4. The van der Waals surface area contributed by atoms with E-state index in [4.69, 9.17) is 9.47 Å². The zero-order valence-electron chi connectivity index (χ0n) is 18.3. The van der Waals surface area contributed by atoms with Gasteiger partial charge in [0.05, 0.1) is 18.1 Å². The molecule has 1 heterocycles. The Bertz CT molecular complexity index is 1140. The van der Waals surface area contributed by atoms with Gasteiger partial charge in [0.2, 0.25) is 5.91 Å². The summed E-state index contributed by atoms with van der Waals surface area (Å²) < 4.78 is 38.6. The van der Waals surface area contributed by atoms with E-state index in [-0.39, 0.29) is 11.0 Å². The van der Waals surface area contributed by atoms with Crippen LogP contribution in [-0.2, 0) is 14.8 Å². The minimum Gasteiger partial charge on any atom is -0.493 e. The standard InChI is InChI=1S/C23H27N3O5S/c1-16(2)31-20-11-9-17(14-21(20)30-3)10-12-23(27)25-18-6-4-7-19(15-18)32(28,29)26-22-8-5-13-24-22/h4,6-7,9-12,14-16H,5,8,13H2,1-3H3,(H,24,26)(H,25,27). The summed E-state index contributed by atoms with van der Waals surface area (Å²) in [7, 11) is -2.20. The van der Waals surface area contributed by atoms with E-state index in [0.717, 1.165) is 12.0 Å². The molecule has 0 spiro atoms. The highest BCUT2D eigenvalue weighted by Gasteiger charge is 2.18. The molecule has 2 aromatic rings. The molecule has 0 atom stereocenters. The number of sulfonamides is 1. The van der Waals surface area contributed by atoms with Gasteiger partial charge in [0.25, 0.3) is 10.0 Å². The zero-order valence-corrected chi connectivity index (χ0v) is 19.1. The maximum absolute atomic E-state index is 12.6. The Morgan fingerprint density at radius 3 is 2.66 bits per heavy atom. The maximum atomic E-state index is 12.6. The number of amidine groups is 1. The predicted molar refractivity (Wildman–Crippen MR) is 125 cm³/mol. The summed E-state index contributed by atoms with van der Waals surface area (Å²) in [6.07, 6.45) is 4.45. The molecule has 2 aromatic carbocycles. The zero-order chi connectivity index (χ0) is 23.1. The average Bonchev–Trinajstić information content (AvgIpc) is 3.25. The van der Waals surface area contributed by atoms with Gasteiger partial charge in [-0.05, 0) is 62.2 Å². The van der Waals surface area contributed by atoms with Gasteiger partial charge < -0.3 is 14.8 Å². The second-order valence-electron chi connectivity index (χ2n) is 7.46. The lowest BCUT2D eigenvalue weighted by Gasteiger charge is -2.13. The molecule has 0 bridgehead atoms. The number of benzene rings is 2. The second kappa shape index (κ2) is 10.3. The van der Waals surface area contributed by atoms with E-state index < -0.39 is 15.9 Å². The third kappa shape index (κ3) is 6.34. The first-order valence-corrected chi connectivity index (χ1v) is 11.7. The number of carbonyl (C=O) groups is 1. The summed E-state index contributed by atoms with van der Waals surface area (Å²) >= 11 is 0. The predicted octanol–water partition coefficient (Wildman–Crippen LogP) is 3.60. The highest BCUT2D eigenvalue weighted by atomic mass is 32.2. The van der Waals surface area contributed by atoms with Crippen molar-refractivity contribution in [1.29, 1.82) is 0 Å². The number of methoxy groups -OCH3 is 1. The number of hydrogen-bond donors (Lipinski definition) is 2. The minimum absolute atomic E-state index is 0.0111. The summed E-state index contributed by atoms with van der Waals surface area (Å²) in [5.74, 6) is 1.26. The van der Waals surface area contributed by atoms with E-state index in [9.17, 15) is 13.2 Å². The number of hydrogen-bond acceptors (Lipinski definition) is 6. The number of ether oxygens (including phenoxy) is 2. The fraction of sp³-hybridized carbons (Fsp3) is 0.304. The van der Waals surface area contributed by atoms with Crippen LogP contribution < -0.4 is 19.5 Å². The number of carbonyl (C=O) groups excluding carboxylic acids is 1. The molecule has 3 rings (SSSR count). The van der Waals surface area contributed by atoms with Crippen LogP contribution >= 0.6 is 0 Å². The Labute approximate surface area is 188 Å². The lowest BCUT2D eigenvalue weighted by Crippen LogP contribution is -2.29. The topological polar surface area (TPSA) is 106 Å². The smallest absolute Gasteiger partial charge is 0.262 e. The molecule has 0 radical (unpaired) electrons. The molecule has 0 unspecified atom stereocenters. The largest absolute Gasteiger partial charge is 0.493 e. The quantitative estimate of drug-likeness (QED) is 0.589. The molecule has 0 saturated heterocycles. The molecule has 32 heavy (non-hydrogen) atoms. The molecule has 0 fully saturated rings. The van der Waals surface area contributed by atoms with Crippen molar-refractivity contribution in [2.45, 2.75) is 37.7 Å². The Kier molecular flexibility index (Phi) is 7.53. The van der Waals surface area contributed by atoms with Crippen LogP contribution in [0.2, 0.25) is 0 Å². The Morgan fingerprint density at radius 1 is 1.16 bits per heavy atom. The Balaban J connectivity index is 1.67. The van der Waals surface area contributed by atoms with E-state index in [0.29, 0.717) is 36.0 Å². The first kappa shape index (κ1) is 23.3. The number of aliphatic imine (C=N–C) groups is 1. The van der Waals surface area contributed by atoms with Gasteiger partial charge in [-0.2, -0.15) is 0 Å². The molecule has 1 amide bonds. The van der Waals surface area contributed by atoms with Gasteiger partial charge in [-0.25, -0.2) is 8.42 Å². The molecule has 0 saturated carbocycles. The minimum atomic E-state index is -3.75. The SMILES string of the molecule is COc1cc(C=CC(=O)Nc2cccc(S(=O)(=O)NC3=NCCC3)c2)ccc1OC(C)C. The molecular weight excluding hydrogens is 430 g/mol. The lowest BCUT2D eigenvalue weighted by molar-refractivity contribution is -0.111. The van der Waals surface area contributed by atoms with Gasteiger partial charge in [-0.1, -0.05) is 12.1 Å². The number of rotatable bonds is 8. The summed E-state index contributed by atoms with van der Waals surface area (Å²) in [5.41, 5.74) is 1.13. The average molecular weight is 458 g/mol. The Morgan fingerprint density at radius 2 is 1.97 bits per heavy atom. The number of nitrogens with one attached hydrogen (secondary N) is 2. The van der Waals surface area contributed by atoms with E-state index in [1.807, 2.05) is 19.9 Å². The first-order valence-electron chi connectivity index (χ1n) is 10.3. The molecular formula is C23H27N3O5S. The van der Waals surface area contributed by atoms with Crippen LogP contribution in [0.5, 0.6) is 11.5 Å². The number of amides is 1. The van der Waals surface area contributed by atoms with Crippen LogP contribution in [0.3, 0.4) is 0 Å². The van der Waals surface area contributed by atoms with Crippen molar-refractivity contribution < 1.29 is 22.7 Å². The van der Waals surface area contributed by atoms with Gasteiger partial charge in [0.15, 0.2) is 11.5 Å². The highest BCUT2D eigenvalue weighted by molar-refractivity contribution is 7.90. The summed E-state index contributed by atoms with van der Waals surface area (Å²) in [6.45, 7) is 4.48. The van der Waals surface area contributed by atoms with Crippen molar-refractivity contribution in [1.82, 2.24) is 4.72 Å². The van der Waals surface area contributed by atoms with E-state index in [2.05, 4.69) is 15.0 Å². The number of nitrogens with zero attached hydrogens (tertiary/aromatic N) is 1. The van der Waals surface area contributed by atoms with E-state index in [1.54, 1.807) is 37.5 Å². The molecule has 9 heteroatoms. The monoisotopic (exact) mass is 457 g/mol. The summed E-state index contributed by atoms with van der Waals surface area (Å²) in [4.78, 5) is 16.5. The third-order valence-corrected chi connectivity index (χ3v) is 5.89. The van der Waals surface area contributed by atoms with E-state index >= 15 is 0 Å². The lowest BCUT2D eigenvalue weighted by atomic mass is 10.2. The number of anilines is 1. The van der Waals surface area contributed by atoms with Gasteiger partial charge in [-0.3, -0.25) is 14.5 Å². The van der Waals surface area contributed by atoms with Gasteiger partial charge in [0.1, 0.15) is 5.84 Å². The van der Waals surface area contributed by atoms with Crippen molar-refractivity contribution in [2.24, 2.45) is 4.99 Å². The van der Waals surface area contributed by atoms with Crippen LogP contribution in [-0.4, -0.2) is 39.9 Å². The van der Waals surface area contributed by atoms with Crippen molar-refractivity contribution >= 4 is 33.5 Å². The molecule has 170 valence electrons. The van der Waals surface area contributed by atoms with Crippen LogP contribution in [0, 0.1) is 0 Å². The third-order valence-electron chi connectivity index (χ3n) is 4.52. The first-order chi connectivity index (χ1) is 15.3. The molecule has 0 aromatic heterocycles. The van der Waals surface area contributed by atoms with Crippen LogP contribution in [0.4, 0.5) is 5.69 Å². The van der Waals surface area contributed by atoms with Gasteiger partial charge >= 0.3 is 0 Å². The summed E-state index contributed by atoms with van der Waals surface area (Å²) in [5, 5.41) is 2.68. The van der Waals surface area contributed by atoms with Gasteiger partial charge in [0, 0.05) is 24.7 Å². The van der Waals surface area contributed by atoms with Crippen LogP contribution in [0.25, 0.3) is 6.08 Å². The van der Waals surface area contributed by atoms with E-state index in [1.165, 1.54) is 18.2 Å². The van der Waals surface area contributed by atoms with Crippen molar-refractivity contribution in [2.75, 3.05) is 19.0 Å². The van der Waals surface area contributed by atoms with Crippen molar-refractivity contribution in [3.8, 4) is 11.5 Å². The second-order valence-corrected chi connectivity index (χ2v) is 9.15. The molecule has 1 aliphatic rings. The van der Waals surface area contributed by atoms with Crippen LogP contribution in [0.15, 0.2) is 58.4 Å². The fourth-order valence-electron chi connectivity index (χ4n) is 3.07. The highest BCUT2D eigenvalue weighted by Crippen LogP contribution is 2.29. The van der Waals surface area contributed by atoms with Gasteiger partial charge in [-0.15, -0.1) is 0 Å². The molecule has 1 aliphatic heterocycles.